The summed E-state index contributed by atoms with van der Waals surface area (Å²) in [5.74, 6) is -0.490. The fourth-order valence-corrected chi connectivity index (χ4v) is 1.20. The molecule has 4 nitrogen and oxygen atoms in total. The molecule has 72 valence electrons. The number of allylic oxidation sites excluding steroid dienone is 1. The van der Waals surface area contributed by atoms with E-state index < -0.39 is 11.4 Å². The fourth-order valence-electron chi connectivity index (χ4n) is 1.20. The minimum absolute atomic E-state index is 0.0531. The Morgan fingerprint density at radius 2 is 2.23 bits per heavy atom. The number of nitrogens with one attached hydrogen (secondary N) is 1. The number of carbonyl (C=O) groups excluding carboxylic acids is 2. The Kier molecular flexibility index (Phi) is 2.40. The predicted molar refractivity (Wildman–Crippen MR) is 46.6 cm³/mol. The van der Waals surface area contributed by atoms with Crippen LogP contribution in [0.3, 0.4) is 0 Å². The maximum atomic E-state index is 11.3. The van der Waals surface area contributed by atoms with Gasteiger partial charge in [0.2, 0.25) is 5.91 Å². The average Bonchev–Trinajstić information content (AvgIpc) is 2.25. The quantitative estimate of drug-likeness (QED) is 0.478. The second kappa shape index (κ2) is 3.20. The van der Waals surface area contributed by atoms with E-state index in [2.05, 4.69) is 10.1 Å². The number of esters is 1. The van der Waals surface area contributed by atoms with E-state index in [1.165, 1.54) is 13.2 Å². The van der Waals surface area contributed by atoms with Gasteiger partial charge in [0.05, 0.1) is 7.11 Å². The third-order valence-electron chi connectivity index (χ3n) is 2.01. The molecule has 0 spiro atoms. The predicted octanol–water partition coefficient (Wildman–Crippen LogP) is 0.589. The summed E-state index contributed by atoms with van der Waals surface area (Å²) in [6.07, 6.45) is 1.87. The lowest BCUT2D eigenvalue weighted by Crippen LogP contribution is -2.24. The molecule has 1 saturated heterocycles. The zero-order valence-electron chi connectivity index (χ0n) is 8.01. The summed E-state index contributed by atoms with van der Waals surface area (Å²) in [4.78, 5) is 22.1. The van der Waals surface area contributed by atoms with Gasteiger partial charge in [0.25, 0.3) is 0 Å². The average molecular weight is 183 g/mol. The molecule has 0 aliphatic carbocycles. The minimum Gasteiger partial charge on any atom is -0.466 e. The molecule has 0 atom stereocenters. The van der Waals surface area contributed by atoms with Crippen molar-refractivity contribution in [3.63, 3.8) is 0 Å². The van der Waals surface area contributed by atoms with Crippen molar-refractivity contribution in [2.24, 2.45) is 5.41 Å². The van der Waals surface area contributed by atoms with E-state index in [-0.39, 0.29) is 5.91 Å². The van der Waals surface area contributed by atoms with Gasteiger partial charge in [-0.3, -0.25) is 4.79 Å². The van der Waals surface area contributed by atoms with E-state index in [1.807, 2.05) is 13.8 Å². The monoisotopic (exact) mass is 183 g/mol. The van der Waals surface area contributed by atoms with Crippen molar-refractivity contribution in [2.75, 3.05) is 7.11 Å². The summed E-state index contributed by atoms with van der Waals surface area (Å²) < 4.78 is 4.45. The lowest BCUT2D eigenvalue weighted by molar-refractivity contribution is -0.134. The highest BCUT2D eigenvalue weighted by molar-refractivity contribution is 5.90. The first-order valence-electron chi connectivity index (χ1n) is 4.06. The van der Waals surface area contributed by atoms with Crippen molar-refractivity contribution in [1.29, 1.82) is 0 Å². The first-order chi connectivity index (χ1) is 5.95. The molecular weight excluding hydrogens is 170 g/mol. The molecule has 1 fully saturated rings. The van der Waals surface area contributed by atoms with Gasteiger partial charge in [-0.25, -0.2) is 4.79 Å². The van der Waals surface area contributed by atoms with Crippen LogP contribution in [0.2, 0.25) is 0 Å². The summed E-state index contributed by atoms with van der Waals surface area (Å²) in [6, 6.07) is 0. The summed E-state index contributed by atoms with van der Waals surface area (Å²) in [5, 5.41) is 2.63. The smallest absolute Gasteiger partial charge is 0.332 e. The zero-order valence-corrected chi connectivity index (χ0v) is 8.01. The van der Waals surface area contributed by atoms with E-state index >= 15 is 0 Å². The van der Waals surface area contributed by atoms with Gasteiger partial charge in [0.1, 0.15) is 0 Å². The van der Waals surface area contributed by atoms with Gasteiger partial charge < -0.3 is 10.1 Å². The molecule has 0 aromatic carbocycles. The van der Waals surface area contributed by atoms with Crippen LogP contribution < -0.4 is 5.32 Å². The molecule has 1 N–H and O–H groups in total. The topological polar surface area (TPSA) is 55.4 Å². The maximum absolute atomic E-state index is 11.3. The lowest BCUT2D eigenvalue weighted by atomic mass is 9.91. The van der Waals surface area contributed by atoms with Crippen LogP contribution in [0.1, 0.15) is 20.3 Å². The Balaban J connectivity index is 2.74. The molecule has 1 rings (SSSR count). The minimum atomic E-state index is -0.437. The number of carbonyl (C=O) groups is 2. The molecule has 0 unspecified atom stereocenters. The number of amides is 1. The number of ether oxygens (including phenoxy) is 1. The number of hydrogen-bond donors (Lipinski definition) is 1. The normalized spacial score (nSPS) is 23.0. The van der Waals surface area contributed by atoms with Crippen LogP contribution in [-0.2, 0) is 14.3 Å². The zero-order chi connectivity index (χ0) is 10.1. The summed E-state index contributed by atoms with van der Waals surface area (Å²) >= 11 is 0. The van der Waals surface area contributed by atoms with Crippen LogP contribution in [0.5, 0.6) is 0 Å². The highest BCUT2D eigenvalue weighted by atomic mass is 16.5. The molecule has 0 bridgehead atoms. The van der Waals surface area contributed by atoms with Gasteiger partial charge in [-0.05, 0) is 0 Å². The van der Waals surface area contributed by atoms with Crippen LogP contribution >= 0.6 is 0 Å². The molecule has 0 saturated carbocycles. The van der Waals surface area contributed by atoms with Crippen LogP contribution in [-0.4, -0.2) is 19.0 Å². The number of rotatable bonds is 1. The van der Waals surface area contributed by atoms with Gasteiger partial charge in [0, 0.05) is 23.6 Å². The third-order valence-corrected chi connectivity index (χ3v) is 2.01. The summed E-state index contributed by atoms with van der Waals surface area (Å²) in [5.41, 5.74) is 0.210. The number of methoxy groups -OCH3 is 1. The van der Waals surface area contributed by atoms with Crippen molar-refractivity contribution in [2.45, 2.75) is 20.3 Å². The van der Waals surface area contributed by atoms with Gasteiger partial charge in [0.15, 0.2) is 0 Å². The first kappa shape index (κ1) is 9.77. The van der Waals surface area contributed by atoms with Crippen LogP contribution in [0.4, 0.5) is 0 Å². The van der Waals surface area contributed by atoms with E-state index in [0.29, 0.717) is 12.1 Å². The molecule has 1 heterocycles. The molecule has 13 heavy (non-hydrogen) atoms. The molecule has 0 aromatic heterocycles. The Morgan fingerprint density at radius 1 is 1.62 bits per heavy atom. The Bertz CT molecular complexity index is 279. The van der Waals surface area contributed by atoms with Crippen molar-refractivity contribution in [3.05, 3.63) is 11.8 Å². The van der Waals surface area contributed by atoms with E-state index in [4.69, 9.17) is 0 Å². The fraction of sp³-hybridized carbons (Fsp3) is 0.556. The molecule has 4 heteroatoms. The molecule has 0 radical (unpaired) electrons. The van der Waals surface area contributed by atoms with Crippen molar-refractivity contribution >= 4 is 11.9 Å². The van der Waals surface area contributed by atoms with Crippen LogP contribution in [0.15, 0.2) is 11.8 Å². The van der Waals surface area contributed by atoms with Crippen LogP contribution in [0, 0.1) is 5.41 Å². The second-order valence-electron chi connectivity index (χ2n) is 3.71. The Morgan fingerprint density at radius 3 is 2.62 bits per heavy atom. The van der Waals surface area contributed by atoms with Gasteiger partial charge in [-0.15, -0.1) is 0 Å². The number of hydrogen-bond acceptors (Lipinski definition) is 3. The largest absolute Gasteiger partial charge is 0.466 e. The second-order valence-corrected chi connectivity index (χ2v) is 3.71. The molecule has 1 aliphatic rings. The van der Waals surface area contributed by atoms with E-state index in [1.54, 1.807) is 0 Å². The van der Waals surface area contributed by atoms with Crippen molar-refractivity contribution in [1.82, 2.24) is 5.32 Å². The maximum Gasteiger partial charge on any atom is 0.332 e. The highest BCUT2D eigenvalue weighted by Gasteiger charge is 2.35. The molecule has 1 aliphatic heterocycles. The first-order valence-corrected chi connectivity index (χ1v) is 4.06. The third kappa shape index (κ3) is 2.08. The lowest BCUT2D eigenvalue weighted by Gasteiger charge is -2.10. The van der Waals surface area contributed by atoms with Gasteiger partial charge in [-0.1, -0.05) is 13.8 Å². The SMILES string of the molecule is COC(=O)/C=C1/CC(C)(C)C(=O)N1. The van der Waals surface area contributed by atoms with Gasteiger partial charge >= 0.3 is 5.97 Å². The molecular formula is C9H13NO3. The van der Waals surface area contributed by atoms with Crippen molar-refractivity contribution < 1.29 is 14.3 Å². The van der Waals surface area contributed by atoms with E-state index in [9.17, 15) is 9.59 Å². The molecule has 0 aromatic rings. The highest BCUT2D eigenvalue weighted by Crippen LogP contribution is 2.30. The Labute approximate surface area is 76.9 Å². The standard InChI is InChI=1S/C9H13NO3/c1-9(2)5-6(10-8(9)12)4-7(11)13-3/h4H,5H2,1-3H3,(H,10,12)/b6-4-. The summed E-state index contributed by atoms with van der Waals surface area (Å²) in [7, 11) is 1.31. The van der Waals surface area contributed by atoms with Gasteiger partial charge in [-0.2, -0.15) is 0 Å². The van der Waals surface area contributed by atoms with E-state index in [0.717, 1.165) is 0 Å². The van der Waals surface area contributed by atoms with Crippen molar-refractivity contribution in [3.8, 4) is 0 Å². The summed E-state index contributed by atoms with van der Waals surface area (Å²) in [6.45, 7) is 3.67. The molecule has 1 amide bonds. The Hall–Kier alpha value is -1.32. The van der Waals surface area contributed by atoms with Crippen LogP contribution in [0.25, 0.3) is 0 Å².